The highest BCUT2D eigenvalue weighted by Crippen LogP contribution is 2.17. The molecule has 4 heteroatoms. The fourth-order valence-corrected chi connectivity index (χ4v) is 1.44. The second kappa shape index (κ2) is 4.84. The lowest BCUT2D eigenvalue weighted by Crippen LogP contribution is -2.47. The molecule has 0 aliphatic rings. The summed E-state index contributed by atoms with van der Waals surface area (Å²) in [6.45, 7) is 5.46. The van der Waals surface area contributed by atoms with Crippen LogP contribution in [0, 0.1) is 12.7 Å². The Morgan fingerprint density at radius 3 is 2.53 bits per heavy atom. The number of likely N-dealkylation sites (N-methyl/N-ethyl adjacent to an activating group) is 1. The molecule has 0 amide bonds. The maximum atomic E-state index is 13.1. The lowest BCUT2D eigenvalue weighted by atomic mass is 10.0. The fraction of sp³-hybridized carbons (Fsp3) is 0.462. The minimum atomic E-state index is -0.942. The van der Waals surface area contributed by atoms with E-state index in [9.17, 15) is 9.18 Å². The second-order valence-corrected chi connectivity index (χ2v) is 4.80. The molecule has 0 spiro atoms. The Bertz CT molecular complexity index is 429. The molecule has 0 heterocycles. The van der Waals surface area contributed by atoms with Gasteiger partial charge in [0.2, 0.25) is 0 Å². The highest BCUT2D eigenvalue weighted by atomic mass is 19.1. The van der Waals surface area contributed by atoms with Gasteiger partial charge in [0.25, 0.3) is 0 Å². The monoisotopic (exact) mass is 239 g/mol. The number of rotatable bonds is 4. The van der Waals surface area contributed by atoms with Gasteiger partial charge >= 0.3 is 5.97 Å². The van der Waals surface area contributed by atoms with Crippen LogP contribution >= 0.6 is 0 Å². The highest BCUT2D eigenvalue weighted by Gasteiger charge is 2.31. The lowest BCUT2D eigenvalue weighted by molar-refractivity contribution is -0.148. The smallest absolute Gasteiger partial charge is 0.323 e. The molecule has 0 fully saturated rings. The average Bonchev–Trinajstić information content (AvgIpc) is 2.23. The van der Waals surface area contributed by atoms with Crippen LogP contribution < -0.4 is 0 Å². The first-order valence-corrected chi connectivity index (χ1v) is 5.45. The third-order valence-electron chi connectivity index (χ3n) is 3.12. The molecule has 0 saturated heterocycles. The zero-order valence-electron chi connectivity index (χ0n) is 10.6. The third kappa shape index (κ3) is 3.03. The highest BCUT2D eigenvalue weighted by molar-refractivity contribution is 5.77. The van der Waals surface area contributed by atoms with E-state index in [2.05, 4.69) is 0 Å². The van der Waals surface area contributed by atoms with Gasteiger partial charge in [-0.15, -0.1) is 0 Å². The van der Waals surface area contributed by atoms with Gasteiger partial charge in [0, 0.05) is 6.54 Å². The number of carboxylic acids is 1. The van der Waals surface area contributed by atoms with Crippen molar-refractivity contribution in [2.24, 2.45) is 0 Å². The lowest BCUT2D eigenvalue weighted by Gasteiger charge is -2.31. The summed E-state index contributed by atoms with van der Waals surface area (Å²) in [5.41, 5.74) is 0.534. The molecule has 0 atom stereocenters. The van der Waals surface area contributed by atoms with E-state index < -0.39 is 11.5 Å². The quantitative estimate of drug-likeness (QED) is 0.877. The maximum absolute atomic E-state index is 13.1. The molecule has 0 aromatic heterocycles. The topological polar surface area (TPSA) is 40.5 Å². The van der Waals surface area contributed by atoms with E-state index in [0.717, 1.165) is 5.56 Å². The van der Waals surface area contributed by atoms with Gasteiger partial charge in [0.15, 0.2) is 0 Å². The van der Waals surface area contributed by atoms with Gasteiger partial charge in [-0.2, -0.15) is 0 Å². The summed E-state index contributed by atoms with van der Waals surface area (Å²) in [7, 11) is 1.74. The van der Waals surface area contributed by atoms with E-state index in [1.54, 1.807) is 44.9 Å². The van der Waals surface area contributed by atoms with Crippen molar-refractivity contribution in [2.75, 3.05) is 7.05 Å². The van der Waals surface area contributed by atoms with Crippen molar-refractivity contribution in [1.29, 1.82) is 0 Å². The molecule has 1 aromatic carbocycles. The van der Waals surface area contributed by atoms with Gasteiger partial charge < -0.3 is 5.11 Å². The number of nitrogens with zero attached hydrogens (tertiary/aromatic N) is 1. The molecular weight excluding hydrogens is 221 g/mol. The van der Waals surface area contributed by atoms with Gasteiger partial charge in [-0.05, 0) is 45.0 Å². The fourth-order valence-electron chi connectivity index (χ4n) is 1.44. The van der Waals surface area contributed by atoms with Gasteiger partial charge in [0.1, 0.15) is 11.4 Å². The zero-order valence-corrected chi connectivity index (χ0v) is 10.6. The molecule has 0 aliphatic carbocycles. The van der Waals surface area contributed by atoms with Gasteiger partial charge in [-0.1, -0.05) is 12.1 Å². The number of benzene rings is 1. The molecule has 1 aromatic rings. The number of carboxylic acid groups (broad SMARTS) is 1. The van der Waals surface area contributed by atoms with Crippen molar-refractivity contribution in [3.63, 3.8) is 0 Å². The Balaban J connectivity index is 2.84. The van der Waals surface area contributed by atoms with Crippen molar-refractivity contribution in [3.05, 3.63) is 35.1 Å². The molecule has 0 radical (unpaired) electrons. The number of hydrogen-bond acceptors (Lipinski definition) is 2. The molecule has 0 bridgehead atoms. The van der Waals surface area contributed by atoms with E-state index >= 15 is 0 Å². The Kier molecular flexibility index (Phi) is 3.88. The molecule has 0 saturated carbocycles. The molecule has 1 rings (SSSR count). The van der Waals surface area contributed by atoms with Crippen molar-refractivity contribution in [1.82, 2.24) is 4.90 Å². The Morgan fingerprint density at radius 2 is 2.06 bits per heavy atom. The SMILES string of the molecule is Cc1cc(CN(C)C(C)(C)C(=O)O)ccc1F. The molecule has 17 heavy (non-hydrogen) atoms. The van der Waals surface area contributed by atoms with E-state index in [4.69, 9.17) is 5.11 Å². The molecule has 0 aliphatic heterocycles. The first-order chi connectivity index (χ1) is 7.75. The number of halogens is 1. The van der Waals surface area contributed by atoms with Crippen LogP contribution in [0.1, 0.15) is 25.0 Å². The molecular formula is C13H18FNO2. The van der Waals surface area contributed by atoms with Gasteiger partial charge in [0.05, 0.1) is 0 Å². The summed E-state index contributed by atoms with van der Waals surface area (Å²) in [4.78, 5) is 12.8. The number of aryl methyl sites for hydroxylation is 1. The predicted octanol–water partition coefficient (Wildman–Crippen LogP) is 2.43. The van der Waals surface area contributed by atoms with Crippen molar-refractivity contribution in [3.8, 4) is 0 Å². The Morgan fingerprint density at radius 1 is 1.47 bits per heavy atom. The summed E-state index contributed by atoms with van der Waals surface area (Å²) >= 11 is 0. The summed E-state index contributed by atoms with van der Waals surface area (Å²) in [5.74, 6) is -1.12. The van der Waals surface area contributed by atoms with Gasteiger partial charge in [-0.25, -0.2) is 4.39 Å². The maximum Gasteiger partial charge on any atom is 0.323 e. The first-order valence-electron chi connectivity index (χ1n) is 5.45. The van der Waals surface area contributed by atoms with Gasteiger partial charge in [-0.3, -0.25) is 9.69 Å². The standard InChI is InChI=1S/C13H18FNO2/c1-9-7-10(5-6-11(9)14)8-15(4)13(2,3)12(16)17/h5-7H,8H2,1-4H3,(H,16,17). The minimum Gasteiger partial charge on any atom is -0.480 e. The average molecular weight is 239 g/mol. The number of hydrogen-bond donors (Lipinski definition) is 1. The van der Waals surface area contributed by atoms with Crippen LogP contribution in [0.4, 0.5) is 4.39 Å². The van der Waals surface area contributed by atoms with Crippen LogP contribution in [0.25, 0.3) is 0 Å². The predicted molar refractivity (Wildman–Crippen MR) is 64.3 cm³/mol. The normalized spacial score (nSPS) is 11.9. The Labute approximate surface area is 101 Å². The number of aliphatic carboxylic acids is 1. The zero-order chi connectivity index (χ0) is 13.2. The van der Waals surface area contributed by atoms with Crippen molar-refractivity contribution >= 4 is 5.97 Å². The van der Waals surface area contributed by atoms with Crippen LogP contribution in [-0.2, 0) is 11.3 Å². The molecule has 94 valence electrons. The first kappa shape index (κ1) is 13.6. The summed E-state index contributed by atoms with van der Waals surface area (Å²) in [6.07, 6.45) is 0. The Hall–Kier alpha value is -1.42. The largest absolute Gasteiger partial charge is 0.480 e. The summed E-state index contributed by atoms with van der Waals surface area (Å²) in [5, 5.41) is 9.09. The van der Waals surface area contributed by atoms with Crippen molar-refractivity contribution in [2.45, 2.75) is 32.9 Å². The number of carbonyl (C=O) groups is 1. The third-order valence-corrected chi connectivity index (χ3v) is 3.12. The van der Waals surface area contributed by atoms with Crippen molar-refractivity contribution < 1.29 is 14.3 Å². The summed E-state index contributed by atoms with van der Waals surface area (Å²) < 4.78 is 13.1. The van der Waals surface area contributed by atoms with Crippen LogP contribution in [0.2, 0.25) is 0 Å². The summed E-state index contributed by atoms with van der Waals surface area (Å²) in [6, 6.07) is 4.83. The second-order valence-electron chi connectivity index (χ2n) is 4.80. The molecule has 0 unspecified atom stereocenters. The molecule has 3 nitrogen and oxygen atoms in total. The van der Waals surface area contributed by atoms with Crippen LogP contribution in [0.5, 0.6) is 0 Å². The minimum absolute atomic E-state index is 0.242. The molecule has 1 N–H and O–H groups in total. The van der Waals surface area contributed by atoms with Crippen LogP contribution in [0.15, 0.2) is 18.2 Å². The van der Waals surface area contributed by atoms with E-state index in [-0.39, 0.29) is 5.82 Å². The van der Waals surface area contributed by atoms with E-state index in [0.29, 0.717) is 12.1 Å². The van der Waals surface area contributed by atoms with E-state index in [1.165, 1.54) is 6.07 Å². The van der Waals surface area contributed by atoms with Crippen LogP contribution in [0.3, 0.4) is 0 Å². The van der Waals surface area contributed by atoms with E-state index in [1.807, 2.05) is 0 Å². The van der Waals surface area contributed by atoms with Crippen LogP contribution in [-0.4, -0.2) is 28.6 Å².